The lowest BCUT2D eigenvalue weighted by atomic mass is 9.86. The highest BCUT2D eigenvalue weighted by molar-refractivity contribution is 6.44. The molecule has 2 atom stereocenters. The van der Waals surface area contributed by atoms with E-state index in [0.717, 1.165) is 13.1 Å². The maximum absolute atomic E-state index is 13.6. The van der Waals surface area contributed by atoms with E-state index in [1.54, 1.807) is 43.5 Å². The molecule has 2 saturated heterocycles. The van der Waals surface area contributed by atoms with Crippen LogP contribution in [-0.4, -0.2) is 80.6 Å². The minimum absolute atomic E-state index is 0.0789. The van der Waals surface area contributed by atoms with Crippen molar-refractivity contribution in [2.75, 3.05) is 53.3 Å². The largest absolute Gasteiger partial charge is 0.497 e. The summed E-state index contributed by atoms with van der Waals surface area (Å²) >= 11 is 0. The predicted octanol–water partition coefficient (Wildman–Crippen LogP) is 1.71. The Hall–Kier alpha value is -3.43. The number of Topliss-reactive ketones (excluding diaryl/α,β-unsaturated/α-hetero) is 2. The first-order valence-electron chi connectivity index (χ1n) is 11.3. The van der Waals surface area contributed by atoms with Crippen molar-refractivity contribution >= 4 is 17.5 Å². The molecule has 5 rings (SSSR count). The van der Waals surface area contributed by atoms with Crippen LogP contribution < -0.4 is 14.2 Å². The predicted molar refractivity (Wildman–Crippen MR) is 120 cm³/mol. The Morgan fingerprint density at radius 1 is 1.03 bits per heavy atom. The molecule has 178 valence electrons. The fourth-order valence-electron chi connectivity index (χ4n) is 4.73. The molecule has 3 aliphatic heterocycles. The van der Waals surface area contributed by atoms with E-state index in [1.165, 1.54) is 4.90 Å². The Morgan fingerprint density at radius 2 is 1.82 bits per heavy atom. The SMILES string of the molecule is COc1cccc(C2C(C(=O)c3ccc4c(c3)OCO4)C(=O)C(=O)N2CCN2CCOCC2)c1. The van der Waals surface area contributed by atoms with Crippen LogP contribution in [0.1, 0.15) is 22.0 Å². The third-order valence-electron chi connectivity index (χ3n) is 6.54. The number of rotatable bonds is 7. The average molecular weight is 466 g/mol. The second-order valence-electron chi connectivity index (χ2n) is 8.45. The summed E-state index contributed by atoms with van der Waals surface area (Å²) in [7, 11) is 1.55. The van der Waals surface area contributed by atoms with E-state index in [0.29, 0.717) is 54.7 Å². The van der Waals surface area contributed by atoms with Gasteiger partial charge in [-0.2, -0.15) is 0 Å². The molecule has 0 bridgehead atoms. The molecular weight excluding hydrogens is 440 g/mol. The number of likely N-dealkylation sites (tertiary alicyclic amines) is 1. The maximum atomic E-state index is 13.6. The number of benzene rings is 2. The van der Waals surface area contributed by atoms with Gasteiger partial charge in [0.05, 0.1) is 26.4 Å². The van der Waals surface area contributed by atoms with Crippen LogP contribution in [0.15, 0.2) is 42.5 Å². The summed E-state index contributed by atoms with van der Waals surface area (Å²) < 4.78 is 21.5. The zero-order valence-corrected chi connectivity index (χ0v) is 18.9. The van der Waals surface area contributed by atoms with E-state index in [1.807, 2.05) is 6.07 Å². The van der Waals surface area contributed by atoms with E-state index < -0.39 is 29.4 Å². The van der Waals surface area contributed by atoms with E-state index in [4.69, 9.17) is 18.9 Å². The topological polar surface area (TPSA) is 94.6 Å². The van der Waals surface area contributed by atoms with Crippen molar-refractivity contribution in [1.82, 2.24) is 9.80 Å². The van der Waals surface area contributed by atoms with Crippen molar-refractivity contribution < 1.29 is 33.3 Å². The molecule has 0 N–H and O–H groups in total. The van der Waals surface area contributed by atoms with Crippen molar-refractivity contribution in [3.63, 3.8) is 0 Å². The summed E-state index contributed by atoms with van der Waals surface area (Å²) in [5.74, 6) is -1.33. The quantitative estimate of drug-likeness (QED) is 0.346. The molecular formula is C25H26N2O7. The van der Waals surface area contributed by atoms with Gasteiger partial charge in [0.1, 0.15) is 11.7 Å². The molecule has 0 saturated carbocycles. The van der Waals surface area contributed by atoms with E-state index >= 15 is 0 Å². The number of hydrogen-bond acceptors (Lipinski definition) is 8. The number of ether oxygens (including phenoxy) is 4. The van der Waals surface area contributed by atoms with Crippen LogP contribution in [-0.2, 0) is 14.3 Å². The Balaban J connectivity index is 1.48. The summed E-state index contributed by atoms with van der Waals surface area (Å²) in [6.07, 6.45) is 0. The third-order valence-corrected chi connectivity index (χ3v) is 6.54. The number of fused-ring (bicyclic) bond motifs is 1. The highest BCUT2D eigenvalue weighted by atomic mass is 16.7. The Kier molecular flexibility index (Phi) is 6.21. The highest BCUT2D eigenvalue weighted by Crippen LogP contribution is 2.40. The molecule has 1 amide bonds. The normalized spacial score (nSPS) is 22.3. The van der Waals surface area contributed by atoms with Crippen molar-refractivity contribution in [3.8, 4) is 17.2 Å². The van der Waals surface area contributed by atoms with Crippen LogP contribution in [0.4, 0.5) is 0 Å². The molecule has 0 aliphatic carbocycles. The number of morpholine rings is 1. The molecule has 3 heterocycles. The first kappa shape index (κ1) is 22.4. The molecule has 2 fully saturated rings. The van der Waals surface area contributed by atoms with E-state index in [9.17, 15) is 14.4 Å². The van der Waals surface area contributed by atoms with Gasteiger partial charge in [-0.25, -0.2) is 0 Å². The highest BCUT2D eigenvalue weighted by Gasteiger charge is 2.51. The smallest absolute Gasteiger partial charge is 0.291 e. The molecule has 0 aromatic heterocycles. The first-order valence-corrected chi connectivity index (χ1v) is 11.3. The fraction of sp³-hybridized carbons (Fsp3) is 0.400. The van der Waals surface area contributed by atoms with Crippen molar-refractivity contribution in [2.24, 2.45) is 5.92 Å². The second kappa shape index (κ2) is 9.44. The number of hydrogen-bond donors (Lipinski definition) is 0. The molecule has 2 aromatic carbocycles. The fourth-order valence-corrected chi connectivity index (χ4v) is 4.73. The molecule has 9 nitrogen and oxygen atoms in total. The van der Waals surface area contributed by atoms with Gasteiger partial charge in [0.15, 0.2) is 17.3 Å². The van der Waals surface area contributed by atoms with Crippen LogP contribution in [0, 0.1) is 5.92 Å². The summed E-state index contributed by atoms with van der Waals surface area (Å²) in [6.45, 7) is 3.80. The van der Waals surface area contributed by atoms with Gasteiger partial charge in [0.25, 0.3) is 5.91 Å². The van der Waals surface area contributed by atoms with Gasteiger partial charge in [-0.1, -0.05) is 12.1 Å². The van der Waals surface area contributed by atoms with E-state index in [2.05, 4.69) is 4.90 Å². The Bertz CT molecular complexity index is 1110. The molecule has 0 radical (unpaired) electrons. The monoisotopic (exact) mass is 466 g/mol. The molecule has 2 aromatic rings. The van der Waals surface area contributed by atoms with Gasteiger partial charge in [-0.3, -0.25) is 19.3 Å². The lowest BCUT2D eigenvalue weighted by molar-refractivity contribution is -0.141. The van der Waals surface area contributed by atoms with Crippen LogP contribution in [0.3, 0.4) is 0 Å². The molecule has 34 heavy (non-hydrogen) atoms. The van der Waals surface area contributed by atoms with Gasteiger partial charge in [0.2, 0.25) is 12.6 Å². The lowest BCUT2D eigenvalue weighted by Crippen LogP contribution is -2.42. The molecule has 3 aliphatic rings. The third kappa shape index (κ3) is 4.12. The average Bonchev–Trinajstić information content (AvgIpc) is 3.45. The van der Waals surface area contributed by atoms with Crippen LogP contribution in [0.5, 0.6) is 17.2 Å². The number of amides is 1. The maximum Gasteiger partial charge on any atom is 0.291 e. The van der Waals surface area contributed by atoms with Crippen LogP contribution in [0.2, 0.25) is 0 Å². The first-order chi connectivity index (χ1) is 16.6. The zero-order chi connectivity index (χ0) is 23.7. The van der Waals surface area contributed by atoms with Gasteiger partial charge < -0.3 is 23.8 Å². The summed E-state index contributed by atoms with van der Waals surface area (Å²) in [4.78, 5) is 43.7. The summed E-state index contributed by atoms with van der Waals surface area (Å²) in [5.41, 5.74) is 0.984. The molecule has 2 unspecified atom stereocenters. The molecule has 9 heteroatoms. The minimum atomic E-state index is -1.16. The summed E-state index contributed by atoms with van der Waals surface area (Å²) in [5, 5.41) is 0. The number of carbonyl (C=O) groups is 3. The van der Waals surface area contributed by atoms with Gasteiger partial charge >= 0.3 is 0 Å². The number of carbonyl (C=O) groups excluding carboxylic acids is 3. The zero-order valence-electron chi connectivity index (χ0n) is 18.9. The van der Waals surface area contributed by atoms with Crippen molar-refractivity contribution in [2.45, 2.75) is 6.04 Å². The number of nitrogens with zero attached hydrogens (tertiary/aromatic N) is 2. The number of methoxy groups -OCH3 is 1. The van der Waals surface area contributed by atoms with Crippen LogP contribution in [0.25, 0.3) is 0 Å². The Labute approximate surface area is 197 Å². The minimum Gasteiger partial charge on any atom is -0.497 e. The standard InChI is InChI=1S/C25H26N2O7/c1-31-18-4-2-3-16(13-18)22-21(23(28)17-5-6-19-20(14-17)34-15-33-19)24(29)25(30)27(22)8-7-26-9-11-32-12-10-26/h2-6,13-14,21-22H,7-12,15H2,1H3. The summed E-state index contributed by atoms with van der Waals surface area (Å²) in [6, 6.07) is 11.3. The van der Waals surface area contributed by atoms with Crippen LogP contribution >= 0.6 is 0 Å². The lowest BCUT2D eigenvalue weighted by Gasteiger charge is -2.31. The molecule has 0 spiro atoms. The van der Waals surface area contributed by atoms with E-state index in [-0.39, 0.29) is 6.79 Å². The Morgan fingerprint density at radius 3 is 2.62 bits per heavy atom. The van der Waals surface area contributed by atoms with Gasteiger partial charge in [-0.05, 0) is 35.9 Å². The van der Waals surface area contributed by atoms with Gasteiger partial charge in [-0.15, -0.1) is 0 Å². The van der Waals surface area contributed by atoms with Gasteiger partial charge in [0, 0.05) is 31.7 Å². The van der Waals surface area contributed by atoms with Crippen molar-refractivity contribution in [3.05, 3.63) is 53.6 Å². The number of ketones is 2. The van der Waals surface area contributed by atoms with Crippen molar-refractivity contribution in [1.29, 1.82) is 0 Å². The second-order valence-corrected chi connectivity index (χ2v) is 8.45.